The van der Waals surface area contributed by atoms with Crippen molar-refractivity contribution >= 4 is 27.5 Å². The number of nitrogens with one attached hydrogen (secondary N) is 2. The van der Waals surface area contributed by atoms with Gasteiger partial charge in [0.1, 0.15) is 0 Å². The van der Waals surface area contributed by atoms with Gasteiger partial charge in [0.15, 0.2) is 0 Å². The summed E-state index contributed by atoms with van der Waals surface area (Å²) in [5, 5.41) is 7.61. The molecule has 1 amide bonds. The van der Waals surface area contributed by atoms with Crippen molar-refractivity contribution in [3.8, 4) is 0 Å². The fraction of sp³-hybridized carbons (Fsp3) is 0.556. The molecule has 3 rings (SSSR count). The molecule has 0 spiro atoms. The third kappa shape index (κ3) is 5.01. The smallest absolute Gasteiger partial charge is 0.220 e. The summed E-state index contributed by atoms with van der Waals surface area (Å²) < 4.78 is 1.23. The molecule has 23 heavy (non-hydrogen) atoms. The van der Waals surface area contributed by atoms with Crippen LogP contribution in [-0.4, -0.2) is 30.5 Å². The quantitative estimate of drug-likeness (QED) is 0.819. The lowest BCUT2D eigenvalue weighted by Crippen LogP contribution is -2.33. The number of para-hydroxylation sites is 1. The zero-order valence-electron chi connectivity index (χ0n) is 13.5. The molecular weight excluding hydrogens is 306 g/mol. The molecule has 0 radical (unpaired) electrons. The summed E-state index contributed by atoms with van der Waals surface area (Å²) in [4.78, 5) is 16.5. The number of hydrogen-bond donors (Lipinski definition) is 2. The molecule has 0 bridgehead atoms. The van der Waals surface area contributed by atoms with Gasteiger partial charge in [-0.15, -0.1) is 11.3 Å². The van der Waals surface area contributed by atoms with Crippen LogP contribution in [0.5, 0.6) is 0 Å². The number of rotatable bonds is 7. The van der Waals surface area contributed by atoms with Gasteiger partial charge in [-0.3, -0.25) is 4.79 Å². The lowest BCUT2D eigenvalue weighted by molar-refractivity contribution is -0.121. The predicted molar refractivity (Wildman–Crippen MR) is 95.8 cm³/mol. The van der Waals surface area contributed by atoms with Crippen molar-refractivity contribution in [3.63, 3.8) is 0 Å². The van der Waals surface area contributed by atoms with Crippen LogP contribution in [0.2, 0.25) is 0 Å². The van der Waals surface area contributed by atoms with Crippen molar-refractivity contribution in [2.75, 3.05) is 19.6 Å². The summed E-state index contributed by atoms with van der Waals surface area (Å²) in [7, 11) is 0. The number of amides is 1. The van der Waals surface area contributed by atoms with E-state index >= 15 is 0 Å². The number of carbonyl (C=O) groups excluding carboxylic acids is 1. The maximum Gasteiger partial charge on any atom is 0.220 e. The van der Waals surface area contributed by atoms with Crippen LogP contribution in [0.3, 0.4) is 0 Å². The molecule has 1 fully saturated rings. The molecule has 1 aromatic carbocycles. The van der Waals surface area contributed by atoms with Crippen LogP contribution in [0.15, 0.2) is 24.3 Å². The average molecular weight is 331 g/mol. The molecule has 1 aliphatic heterocycles. The Balaban J connectivity index is 1.32. The van der Waals surface area contributed by atoms with Gasteiger partial charge in [0.25, 0.3) is 0 Å². The number of aromatic nitrogens is 1. The Kier molecular flexibility index (Phi) is 6.00. The van der Waals surface area contributed by atoms with E-state index < -0.39 is 0 Å². The average Bonchev–Trinajstić information content (AvgIpc) is 2.98. The van der Waals surface area contributed by atoms with Gasteiger partial charge in [-0.25, -0.2) is 4.98 Å². The second-order valence-corrected chi connectivity index (χ2v) is 7.40. The van der Waals surface area contributed by atoms with Crippen molar-refractivity contribution in [2.24, 2.45) is 5.92 Å². The monoisotopic (exact) mass is 331 g/mol. The Morgan fingerprint density at radius 2 is 2.30 bits per heavy atom. The highest BCUT2D eigenvalue weighted by Gasteiger charge is 2.12. The minimum atomic E-state index is 0.176. The molecule has 2 aromatic rings. The van der Waals surface area contributed by atoms with E-state index in [9.17, 15) is 4.79 Å². The highest BCUT2D eigenvalue weighted by atomic mass is 32.1. The molecular formula is C18H25N3OS. The molecule has 1 aromatic heterocycles. The second kappa shape index (κ2) is 8.41. The van der Waals surface area contributed by atoms with Crippen molar-refractivity contribution in [1.29, 1.82) is 0 Å². The number of benzene rings is 1. The molecule has 2 N–H and O–H groups in total. The molecule has 1 aliphatic rings. The van der Waals surface area contributed by atoms with Gasteiger partial charge in [-0.05, 0) is 63.2 Å². The Labute approximate surface area is 141 Å². The zero-order chi connectivity index (χ0) is 15.9. The Bertz CT molecular complexity index is 601. The van der Waals surface area contributed by atoms with Gasteiger partial charge in [-0.2, -0.15) is 0 Å². The minimum Gasteiger partial charge on any atom is -0.356 e. The van der Waals surface area contributed by atoms with Crippen LogP contribution in [0.4, 0.5) is 0 Å². The van der Waals surface area contributed by atoms with Crippen molar-refractivity contribution in [3.05, 3.63) is 29.3 Å². The number of thiazole rings is 1. The van der Waals surface area contributed by atoms with Crippen LogP contribution in [0.25, 0.3) is 10.2 Å². The topological polar surface area (TPSA) is 54.0 Å². The van der Waals surface area contributed by atoms with Gasteiger partial charge in [0.05, 0.1) is 15.2 Å². The van der Waals surface area contributed by atoms with Crippen LogP contribution < -0.4 is 10.6 Å². The summed E-state index contributed by atoms with van der Waals surface area (Å²) in [6.07, 6.45) is 6.01. The summed E-state index contributed by atoms with van der Waals surface area (Å²) in [5.41, 5.74) is 1.07. The molecule has 5 heteroatoms. The number of carbonyl (C=O) groups is 1. The molecule has 0 saturated carbocycles. The van der Waals surface area contributed by atoms with Gasteiger partial charge in [0, 0.05) is 13.0 Å². The molecule has 1 unspecified atom stereocenters. The van der Waals surface area contributed by atoms with Gasteiger partial charge >= 0.3 is 0 Å². The zero-order valence-corrected chi connectivity index (χ0v) is 14.3. The highest BCUT2D eigenvalue weighted by molar-refractivity contribution is 7.18. The van der Waals surface area contributed by atoms with Crippen LogP contribution in [0, 0.1) is 5.92 Å². The Morgan fingerprint density at radius 1 is 1.39 bits per heavy atom. The van der Waals surface area contributed by atoms with E-state index in [4.69, 9.17) is 0 Å². The molecule has 1 atom stereocenters. The maximum absolute atomic E-state index is 11.9. The van der Waals surface area contributed by atoms with Crippen molar-refractivity contribution in [1.82, 2.24) is 15.6 Å². The van der Waals surface area contributed by atoms with Gasteiger partial charge in [0.2, 0.25) is 5.91 Å². The molecule has 1 saturated heterocycles. The van der Waals surface area contributed by atoms with E-state index in [1.54, 1.807) is 11.3 Å². The molecule has 4 nitrogen and oxygen atoms in total. The van der Waals surface area contributed by atoms with E-state index in [0.717, 1.165) is 55.3 Å². The maximum atomic E-state index is 11.9. The third-order valence-corrected chi connectivity index (χ3v) is 5.50. The summed E-state index contributed by atoms with van der Waals surface area (Å²) in [5.74, 6) is 0.904. The van der Waals surface area contributed by atoms with E-state index in [0.29, 0.717) is 6.42 Å². The Morgan fingerprint density at radius 3 is 3.13 bits per heavy atom. The minimum absolute atomic E-state index is 0.176. The normalized spacial score (nSPS) is 18.2. The van der Waals surface area contributed by atoms with Crippen LogP contribution in [0.1, 0.15) is 37.1 Å². The van der Waals surface area contributed by atoms with Crippen LogP contribution >= 0.6 is 11.3 Å². The first-order valence-electron chi connectivity index (χ1n) is 8.63. The Hall–Kier alpha value is -1.46. The summed E-state index contributed by atoms with van der Waals surface area (Å²) in [6.45, 7) is 3.06. The second-order valence-electron chi connectivity index (χ2n) is 6.28. The largest absolute Gasteiger partial charge is 0.356 e. The SMILES string of the molecule is O=C(CCCc1nc2ccccc2s1)NCCC1CCCNC1. The van der Waals surface area contributed by atoms with Gasteiger partial charge in [-0.1, -0.05) is 12.1 Å². The number of aryl methyl sites for hydroxylation is 1. The van der Waals surface area contributed by atoms with Gasteiger partial charge < -0.3 is 10.6 Å². The summed E-state index contributed by atoms with van der Waals surface area (Å²) in [6, 6.07) is 8.20. The van der Waals surface area contributed by atoms with Crippen molar-refractivity contribution in [2.45, 2.75) is 38.5 Å². The van der Waals surface area contributed by atoms with E-state index in [1.165, 1.54) is 17.5 Å². The lowest BCUT2D eigenvalue weighted by Gasteiger charge is -2.22. The highest BCUT2D eigenvalue weighted by Crippen LogP contribution is 2.22. The molecule has 124 valence electrons. The fourth-order valence-electron chi connectivity index (χ4n) is 3.10. The number of fused-ring (bicyclic) bond motifs is 1. The summed E-state index contributed by atoms with van der Waals surface area (Å²) >= 11 is 1.74. The third-order valence-electron chi connectivity index (χ3n) is 4.41. The van der Waals surface area contributed by atoms with E-state index in [2.05, 4.69) is 21.7 Å². The first kappa shape index (κ1) is 16.4. The number of nitrogens with zero attached hydrogens (tertiary/aromatic N) is 1. The lowest BCUT2D eigenvalue weighted by atomic mass is 9.96. The first-order chi connectivity index (χ1) is 11.3. The van der Waals surface area contributed by atoms with E-state index in [1.807, 2.05) is 18.2 Å². The van der Waals surface area contributed by atoms with Crippen LogP contribution in [-0.2, 0) is 11.2 Å². The fourth-order valence-corrected chi connectivity index (χ4v) is 4.11. The first-order valence-corrected chi connectivity index (χ1v) is 9.45. The number of hydrogen-bond acceptors (Lipinski definition) is 4. The van der Waals surface area contributed by atoms with E-state index in [-0.39, 0.29) is 5.91 Å². The van der Waals surface area contributed by atoms with Crippen molar-refractivity contribution < 1.29 is 4.79 Å². The number of piperidine rings is 1. The predicted octanol–water partition coefficient (Wildman–Crippen LogP) is 3.12. The molecule has 0 aliphatic carbocycles. The standard InChI is InChI=1S/C18H25N3OS/c22-17(20-12-10-14-5-4-11-19-13-14)8-3-9-18-21-15-6-1-2-7-16(15)23-18/h1-2,6-7,14,19H,3-5,8-13H2,(H,20,22). The molecule has 2 heterocycles.